The fourth-order valence-corrected chi connectivity index (χ4v) is 2.43. The number of aliphatic hydroxyl groups is 1. The topological polar surface area (TPSA) is 52.6 Å². The van der Waals surface area contributed by atoms with Gasteiger partial charge in [-0.1, -0.05) is 20.8 Å². The zero-order valence-corrected chi connectivity index (χ0v) is 12.9. The van der Waals surface area contributed by atoms with E-state index in [0.29, 0.717) is 12.5 Å². The van der Waals surface area contributed by atoms with Gasteiger partial charge in [-0.2, -0.15) is 0 Å². The molecule has 0 bridgehead atoms. The van der Waals surface area contributed by atoms with Gasteiger partial charge in [-0.15, -0.1) is 0 Å². The summed E-state index contributed by atoms with van der Waals surface area (Å²) in [5.74, 6) is 0.528. The van der Waals surface area contributed by atoms with E-state index in [9.17, 15) is 9.90 Å². The third-order valence-corrected chi connectivity index (χ3v) is 3.88. The van der Waals surface area contributed by atoms with Crippen LogP contribution >= 0.6 is 0 Å². The molecule has 1 heterocycles. The molecular formula is C15H30N2O2. The van der Waals surface area contributed by atoms with Gasteiger partial charge in [-0.05, 0) is 50.6 Å². The van der Waals surface area contributed by atoms with Crippen LogP contribution in [-0.4, -0.2) is 48.2 Å². The van der Waals surface area contributed by atoms with Crippen LogP contribution in [0.3, 0.4) is 0 Å². The van der Waals surface area contributed by atoms with E-state index in [4.69, 9.17) is 0 Å². The molecular weight excluding hydrogens is 240 g/mol. The molecule has 4 heteroatoms. The van der Waals surface area contributed by atoms with E-state index in [1.807, 2.05) is 6.92 Å². The summed E-state index contributed by atoms with van der Waals surface area (Å²) < 4.78 is 0. The van der Waals surface area contributed by atoms with E-state index in [1.54, 1.807) is 0 Å². The second-order valence-electron chi connectivity index (χ2n) is 7.01. The Hall–Kier alpha value is -0.610. The van der Waals surface area contributed by atoms with E-state index in [1.165, 1.54) is 0 Å². The second-order valence-corrected chi connectivity index (χ2v) is 7.01. The van der Waals surface area contributed by atoms with Crippen LogP contribution in [-0.2, 0) is 4.79 Å². The van der Waals surface area contributed by atoms with Gasteiger partial charge in [0.15, 0.2) is 0 Å². The Morgan fingerprint density at radius 2 is 1.95 bits per heavy atom. The van der Waals surface area contributed by atoms with Gasteiger partial charge in [0, 0.05) is 6.54 Å². The maximum Gasteiger partial charge on any atom is 0.234 e. The van der Waals surface area contributed by atoms with Gasteiger partial charge in [0.25, 0.3) is 0 Å². The lowest BCUT2D eigenvalue weighted by molar-refractivity contribution is -0.122. The number of nitrogens with zero attached hydrogens (tertiary/aromatic N) is 1. The normalized spacial score (nSPS) is 20.3. The maximum absolute atomic E-state index is 11.8. The first-order valence-corrected chi connectivity index (χ1v) is 7.45. The lowest BCUT2D eigenvalue weighted by Gasteiger charge is -2.32. The number of piperidine rings is 1. The predicted octanol–water partition coefficient (Wildman–Crippen LogP) is 1.63. The van der Waals surface area contributed by atoms with Crippen LogP contribution in [0.25, 0.3) is 0 Å². The molecule has 0 aromatic rings. The Bertz CT molecular complexity index is 276. The average Bonchev–Trinajstić information content (AvgIpc) is 2.27. The largest absolute Gasteiger partial charge is 0.393 e. The highest BCUT2D eigenvalue weighted by molar-refractivity contribution is 5.77. The van der Waals surface area contributed by atoms with Crippen molar-refractivity contribution in [2.45, 2.75) is 53.1 Å². The van der Waals surface area contributed by atoms with E-state index in [2.05, 4.69) is 31.0 Å². The molecule has 0 aliphatic carbocycles. The number of carbonyl (C=O) groups is 1. The Labute approximate surface area is 117 Å². The summed E-state index contributed by atoms with van der Waals surface area (Å²) in [7, 11) is 0. The quantitative estimate of drug-likeness (QED) is 0.798. The van der Waals surface area contributed by atoms with Crippen LogP contribution in [0.1, 0.15) is 47.0 Å². The third-order valence-electron chi connectivity index (χ3n) is 3.88. The van der Waals surface area contributed by atoms with E-state index in [0.717, 1.165) is 38.9 Å². The molecule has 2 N–H and O–H groups in total. The van der Waals surface area contributed by atoms with Crippen LogP contribution in [0.2, 0.25) is 0 Å². The Balaban J connectivity index is 2.17. The minimum atomic E-state index is -0.220. The van der Waals surface area contributed by atoms with Gasteiger partial charge in [0.05, 0.1) is 12.6 Å². The average molecular weight is 270 g/mol. The summed E-state index contributed by atoms with van der Waals surface area (Å²) in [4.78, 5) is 14.0. The number of rotatable bonds is 5. The number of likely N-dealkylation sites (tertiary alicyclic amines) is 1. The van der Waals surface area contributed by atoms with E-state index >= 15 is 0 Å². The van der Waals surface area contributed by atoms with Gasteiger partial charge in [0.2, 0.25) is 5.91 Å². The van der Waals surface area contributed by atoms with Gasteiger partial charge < -0.3 is 10.4 Å². The van der Waals surface area contributed by atoms with Crippen LogP contribution in [0.15, 0.2) is 0 Å². The fourth-order valence-electron chi connectivity index (χ4n) is 2.43. The Morgan fingerprint density at radius 3 is 2.42 bits per heavy atom. The fraction of sp³-hybridized carbons (Fsp3) is 0.933. The molecule has 1 atom stereocenters. The lowest BCUT2D eigenvalue weighted by atomic mass is 9.92. The molecule has 1 unspecified atom stereocenters. The van der Waals surface area contributed by atoms with Crippen molar-refractivity contribution in [1.82, 2.24) is 10.2 Å². The molecule has 1 aliphatic heterocycles. The van der Waals surface area contributed by atoms with Crippen molar-refractivity contribution in [2.24, 2.45) is 11.3 Å². The second kappa shape index (κ2) is 7.25. The minimum Gasteiger partial charge on any atom is -0.393 e. The summed E-state index contributed by atoms with van der Waals surface area (Å²) in [5.41, 5.74) is 0.267. The molecule has 19 heavy (non-hydrogen) atoms. The zero-order valence-electron chi connectivity index (χ0n) is 12.9. The predicted molar refractivity (Wildman–Crippen MR) is 77.9 cm³/mol. The van der Waals surface area contributed by atoms with Crippen LogP contribution in [0.4, 0.5) is 0 Å². The number of amides is 1. The summed E-state index contributed by atoms with van der Waals surface area (Å²) in [6, 6.07) is 0. The minimum absolute atomic E-state index is 0.125. The molecule has 0 aromatic heterocycles. The molecule has 0 spiro atoms. The molecule has 0 saturated carbocycles. The van der Waals surface area contributed by atoms with Crippen molar-refractivity contribution in [3.05, 3.63) is 0 Å². The Kier molecular flexibility index (Phi) is 6.27. The molecule has 1 saturated heterocycles. The first kappa shape index (κ1) is 16.4. The molecule has 112 valence electrons. The number of aliphatic hydroxyl groups excluding tert-OH is 1. The molecule has 1 fully saturated rings. The number of nitrogens with one attached hydrogen (secondary N) is 1. The molecule has 1 rings (SSSR count). The summed E-state index contributed by atoms with van der Waals surface area (Å²) >= 11 is 0. The van der Waals surface area contributed by atoms with Crippen molar-refractivity contribution >= 4 is 5.91 Å². The van der Waals surface area contributed by atoms with Gasteiger partial charge >= 0.3 is 0 Å². The molecule has 0 aromatic carbocycles. The first-order chi connectivity index (χ1) is 8.78. The highest BCUT2D eigenvalue weighted by Gasteiger charge is 2.23. The first-order valence-electron chi connectivity index (χ1n) is 7.45. The molecule has 1 aliphatic rings. The molecule has 4 nitrogen and oxygen atoms in total. The molecule has 1 amide bonds. The van der Waals surface area contributed by atoms with E-state index < -0.39 is 0 Å². The Morgan fingerprint density at radius 1 is 1.37 bits per heavy atom. The van der Waals surface area contributed by atoms with Crippen LogP contribution < -0.4 is 5.32 Å². The zero-order chi connectivity index (χ0) is 14.5. The SMILES string of the molecule is CC(O)C1CCN(CC(=O)NCCC(C)(C)C)CC1. The van der Waals surface area contributed by atoms with Crippen LogP contribution in [0, 0.1) is 11.3 Å². The smallest absolute Gasteiger partial charge is 0.234 e. The highest BCUT2D eigenvalue weighted by Crippen LogP contribution is 2.20. The standard InChI is InChI=1S/C15H30N2O2/c1-12(18)13-5-9-17(10-6-13)11-14(19)16-8-7-15(2,3)4/h12-13,18H,5-11H2,1-4H3,(H,16,19). The number of carbonyl (C=O) groups excluding carboxylic acids is 1. The van der Waals surface area contributed by atoms with Crippen molar-refractivity contribution in [3.8, 4) is 0 Å². The van der Waals surface area contributed by atoms with Gasteiger partial charge in [-0.3, -0.25) is 9.69 Å². The summed E-state index contributed by atoms with van der Waals surface area (Å²) in [6.45, 7) is 11.5. The highest BCUT2D eigenvalue weighted by atomic mass is 16.3. The van der Waals surface area contributed by atoms with Crippen molar-refractivity contribution in [3.63, 3.8) is 0 Å². The summed E-state index contributed by atoms with van der Waals surface area (Å²) in [5, 5.41) is 12.5. The van der Waals surface area contributed by atoms with Crippen molar-refractivity contribution in [1.29, 1.82) is 0 Å². The van der Waals surface area contributed by atoms with Gasteiger partial charge in [-0.25, -0.2) is 0 Å². The molecule has 0 radical (unpaired) electrons. The summed E-state index contributed by atoms with van der Waals surface area (Å²) in [6.07, 6.45) is 2.77. The van der Waals surface area contributed by atoms with Crippen LogP contribution in [0.5, 0.6) is 0 Å². The number of hydrogen-bond donors (Lipinski definition) is 2. The van der Waals surface area contributed by atoms with Crippen molar-refractivity contribution in [2.75, 3.05) is 26.2 Å². The third kappa shape index (κ3) is 6.92. The van der Waals surface area contributed by atoms with Gasteiger partial charge in [0.1, 0.15) is 0 Å². The van der Waals surface area contributed by atoms with E-state index in [-0.39, 0.29) is 17.4 Å². The lowest BCUT2D eigenvalue weighted by Crippen LogP contribution is -2.43. The van der Waals surface area contributed by atoms with Crippen molar-refractivity contribution < 1.29 is 9.90 Å². The maximum atomic E-state index is 11.8. The number of hydrogen-bond acceptors (Lipinski definition) is 3. The monoisotopic (exact) mass is 270 g/mol.